The summed E-state index contributed by atoms with van der Waals surface area (Å²) in [5.41, 5.74) is 11.4. The predicted molar refractivity (Wildman–Crippen MR) is 79.4 cm³/mol. The van der Waals surface area contributed by atoms with Crippen LogP contribution in [0, 0.1) is 0 Å². The normalized spacial score (nSPS) is 19.1. The number of hydrogen-bond acceptors (Lipinski definition) is 3. The zero-order valence-corrected chi connectivity index (χ0v) is 11.8. The van der Waals surface area contributed by atoms with Crippen molar-refractivity contribution in [2.75, 3.05) is 18.0 Å². The highest BCUT2D eigenvalue weighted by molar-refractivity contribution is 5.52. The van der Waals surface area contributed by atoms with Crippen LogP contribution in [0.15, 0.2) is 17.7 Å². The van der Waals surface area contributed by atoms with Gasteiger partial charge >= 0.3 is 0 Å². The van der Waals surface area contributed by atoms with E-state index in [1.165, 1.54) is 41.7 Å². The molecule has 0 bridgehead atoms. The van der Waals surface area contributed by atoms with Crippen LogP contribution in [0.3, 0.4) is 0 Å². The van der Waals surface area contributed by atoms with E-state index in [2.05, 4.69) is 24.0 Å². The van der Waals surface area contributed by atoms with Crippen LogP contribution in [0.5, 0.6) is 0 Å². The molecule has 1 aromatic rings. The molecule has 3 heteroatoms. The first-order chi connectivity index (χ1) is 9.28. The summed E-state index contributed by atoms with van der Waals surface area (Å²) < 4.78 is 0. The quantitative estimate of drug-likeness (QED) is 0.828. The molecule has 0 radical (unpaired) electrons. The predicted octanol–water partition coefficient (Wildman–Crippen LogP) is 2.58. The Balaban J connectivity index is 1.95. The smallest absolute Gasteiger partial charge is 0.133 e. The van der Waals surface area contributed by atoms with E-state index in [-0.39, 0.29) is 0 Å². The second kappa shape index (κ2) is 5.33. The molecule has 3 nitrogen and oxygen atoms in total. The lowest BCUT2D eigenvalue weighted by Crippen LogP contribution is -2.31. The van der Waals surface area contributed by atoms with Gasteiger partial charge in [-0.2, -0.15) is 0 Å². The molecule has 1 aliphatic carbocycles. The molecule has 19 heavy (non-hydrogen) atoms. The Morgan fingerprint density at radius 1 is 1.26 bits per heavy atom. The fourth-order valence-electron chi connectivity index (χ4n) is 3.06. The van der Waals surface area contributed by atoms with Gasteiger partial charge in [-0.3, -0.25) is 0 Å². The summed E-state index contributed by atoms with van der Waals surface area (Å²) >= 11 is 0. The van der Waals surface area contributed by atoms with Crippen LogP contribution in [-0.2, 0) is 19.4 Å². The van der Waals surface area contributed by atoms with E-state index < -0.39 is 0 Å². The van der Waals surface area contributed by atoms with Gasteiger partial charge in [-0.15, -0.1) is 0 Å². The Kier molecular flexibility index (Phi) is 3.56. The van der Waals surface area contributed by atoms with Crippen molar-refractivity contribution in [2.24, 2.45) is 5.73 Å². The van der Waals surface area contributed by atoms with Gasteiger partial charge in [0, 0.05) is 30.9 Å². The SMILES string of the molecule is CC1=CCN(c2nc3c(cc2CN)CCCC3)CC1. The Morgan fingerprint density at radius 3 is 2.84 bits per heavy atom. The fraction of sp³-hybridized carbons (Fsp3) is 0.562. The van der Waals surface area contributed by atoms with Gasteiger partial charge in [-0.25, -0.2) is 4.98 Å². The second-order valence-corrected chi connectivity index (χ2v) is 5.73. The number of aryl methyl sites for hydroxylation is 2. The molecule has 2 heterocycles. The van der Waals surface area contributed by atoms with Crippen molar-refractivity contribution in [3.8, 4) is 0 Å². The van der Waals surface area contributed by atoms with E-state index in [0.29, 0.717) is 6.54 Å². The maximum absolute atomic E-state index is 5.94. The summed E-state index contributed by atoms with van der Waals surface area (Å²) in [6, 6.07) is 2.31. The lowest BCUT2D eigenvalue weighted by molar-refractivity contribution is 0.660. The average Bonchev–Trinajstić information content (AvgIpc) is 2.46. The zero-order chi connectivity index (χ0) is 13.2. The van der Waals surface area contributed by atoms with E-state index in [1.54, 1.807) is 0 Å². The highest BCUT2D eigenvalue weighted by Crippen LogP contribution is 2.28. The van der Waals surface area contributed by atoms with E-state index in [4.69, 9.17) is 10.7 Å². The summed E-state index contributed by atoms with van der Waals surface area (Å²) in [6.07, 6.45) is 8.34. The number of rotatable bonds is 2. The molecule has 3 rings (SSSR count). The molecule has 0 unspecified atom stereocenters. The highest BCUT2D eigenvalue weighted by Gasteiger charge is 2.19. The van der Waals surface area contributed by atoms with Crippen LogP contribution in [0.2, 0.25) is 0 Å². The highest BCUT2D eigenvalue weighted by atomic mass is 15.2. The Morgan fingerprint density at radius 2 is 2.11 bits per heavy atom. The molecule has 0 spiro atoms. The van der Waals surface area contributed by atoms with Crippen LogP contribution in [0.25, 0.3) is 0 Å². The summed E-state index contributed by atoms with van der Waals surface area (Å²) in [5.74, 6) is 1.13. The standard InChI is InChI=1S/C16H23N3/c1-12-6-8-19(9-7-12)16-14(11-17)10-13-4-2-3-5-15(13)18-16/h6,10H,2-5,7-9,11,17H2,1H3. The summed E-state index contributed by atoms with van der Waals surface area (Å²) in [5, 5.41) is 0. The Bertz CT molecular complexity index is 505. The third-order valence-corrected chi connectivity index (χ3v) is 4.31. The Hall–Kier alpha value is -1.35. The molecule has 0 amide bonds. The largest absolute Gasteiger partial charge is 0.352 e. The second-order valence-electron chi connectivity index (χ2n) is 5.73. The summed E-state index contributed by atoms with van der Waals surface area (Å²) in [7, 11) is 0. The van der Waals surface area contributed by atoms with Gasteiger partial charge in [0.05, 0.1) is 0 Å². The van der Waals surface area contributed by atoms with Gasteiger partial charge in [0.15, 0.2) is 0 Å². The number of anilines is 1. The maximum Gasteiger partial charge on any atom is 0.133 e. The monoisotopic (exact) mass is 257 g/mol. The number of aromatic nitrogens is 1. The first-order valence-electron chi connectivity index (χ1n) is 7.40. The molecule has 0 atom stereocenters. The van der Waals surface area contributed by atoms with E-state index >= 15 is 0 Å². The number of nitrogens with zero attached hydrogens (tertiary/aromatic N) is 2. The van der Waals surface area contributed by atoms with Crippen molar-refractivity contribution < 1.29 is 0 Å². The molecule has 2 N–H and O–H groups in total. The van der Waals surface area contributed by atoms with E-state index in [9.17, 15) is 0 Å². The zero-order valence-electron chi connectivity index (χ0n) is 11.8. The van der Waals surface area contributed by atoms with Gasteiger partial charge in [-0.1, -0.05) is 11.6 Å². The topological polar surface area (TPSA) is 42.2 Å². The molecule has 0 fully saturated rings. The van der Waals surface area contributed by atoms with Crippen molar-refractivity contribution in [2.45, 2.75) is 45.6 Å². The van der Waals surface area contributed by atoms with Crippen molar-refractivity contribution in [1.82, 2.24) is 4.98 Å². The number of hydrogen-bond donors (Lipinski definition) is 1. The lowest BCUT2D eigenvalue weighted by Gasteiger charge is -2.30. The van der Waals surface area contributed by atoms with Crippen molar-refractivity contribution in [1.29, 1.82) is 0 Å². The van der Waals surface area contributed by atoms with E-state index in [0.717, 1.165) is 31.7 Å². The fourth-order valence-corrected chi connectivity index (χ4v) is 3.06. The molecule has 0 aromatic carbocycles. The number of nitrogens with two attached hydrogens (primary N) is 1. The van der Waals surface area contributed by atoms with Crippen LogP contribution in [0.4, 0.5) is 5.82 Å². The molecule has 1 aromatic heterocycles. The maximum atomic E-state index is 5.94. The molecule has 1 aliphatic heterocycles. The molecule has 0 saturated carbocycles. The first-order valence-corrected chi connectivity index (χ1v) is 7.40. The van der Waals surface area contributed by atoms with Crippen LogP contribution >= 0.6 is 0 Å². The summed E-state index contributed by atoms with van der Waals surface area (Å²) in [4.78, 5) is 7.33. The van der Waals surface area contributed by atoms with E-state index in [1.807, 2.05) is 0 Å². The van der Waals surface area contributed by atoms with Gasteiger partial charge in [0.25, 0.3) is 0 Å². The minimum Gasteiger partial charge on any atom is -0.352 e. The molecular weight excluding hydrogens is 234 g/mol. The average molecular weight is 257 g/mol. The minimum atomic E-state index is 0.592. The third-order valence-electron chi connectivity index (χ3n) is 4.31. The van der Waals surface area contributed by atoms with Crippen molar-refractivity contribution >= 4 is 5.82 Å². The molecule has 2 aliphatic rings. The molecule has 102 valence electrons. The minimum absolute atomic E-state index is 0.592. The first kappa shape index (κ1) is 12.7. The van der Waals surface area contributed by atoms with Gasteiger partial charge in [-0.05, 0) is 50.7 Å². The van der Waals surface area contributed by atoms with Crippen molar-refractivity contribution in [3.63, 3.8) is 0 Å². The molecule has 0 saturated heterocycles. The number of pyridine rings is 1. The molecular formula is C16H23N3. The van der Waals surface area contributed by atoms with Crippen LogP contribution in [-0.4, -0.2) is 18.1 Å². The Labute approximate surface area is 115 Å². The number of fused-ring (bicyclic) bond motifs is 1. The van der Waals surface area contributed by atoms with Crippen LogP contribution < -0.4 is 10.6 Å². The summed E-state index contributed by atoms with van der Waals surface area (Å²) in [6.45, 7) is 4.85. The lowest BCUT2D eigenvalue weighted by atomic mass is 9.94. The van der Waals surface area contributed by atoms with Gasteiger partial charge in [0.2, 0.25) is 0 Å². The van der Waals surface area contributed by atoms with Gasteiger partial charge in [0.1, 0.15) is 5.82 Å². The van der Waals surface area contributed by atoms with Crippen molar-refractivity contribution in [3.05, 3.63) is 34.5 Å². The van der Waals surface area contributed by atoms with Gasteiger partial charge < -0.3 is 10.6 Å². The third kappa shape index (κ3) is 2.52. The van der Waals surface area contributed by atoms with Crippen LogP contribution in [0.1, 0.15) is 43.0 Å².